The minimum absolute atomic E-state index is 0.0246. The second-order valence-corrected chi connectivity index (χ2v) is 9.73. The number of ether oxygens (including phenoxy) is 1. The van der Waals surface area contributed by atoms with Crippen LogP contribution in [0, 0.1) is 5.41 Å². The number of aryl methyl sites for hydroxylation is 1. The SMILES string of the molecule is CN(C)NC(=O)[C@@H](CCc1ccccc1)NC(=O)C(COCc1ccccc1)NC(=O)C(C)(C)C. The van der Waals surface area contributed by atoms with Crippen LogP contribution in [0.2, 0.25) is 0 Å². The number of hydrazine groups is 1. The number of benzene rings is 2. The summed E-state index contributed by atoms with van der Waals surface area (Å²) in [5, 5.41) is 7.14. The maximum absolute atomic E-state index is 13.3. The smallest absolute Gasteiger partial charge is 0.256 e. The van der Waals surface area contributed by atoms with Crippen molar-refractivity contribution in [1.82, 2.24) is 21.1 Å². The van der Waals surface area contributed by atoms with Gasteiger partial charge in [-0.1, -0.05) is 81.4 Å². The maximum atomic E-state index is 13.3. The molecule has 3 N–H and O–H groups in total. The van der Waals surface area contributed by atoms with Gasteiger partial charge >= 0.3 is 0 Å². The summed E-state index contributed by atoms with van der Waals surface area (Å²) in [7, 11) is 3.41. The van der Waals surface area contributed by atoms with E-state index in [1.54, 1.807) is 34.9 Å². The van der Waals surface area contributed by atoms with Gasteiger partial charge in [0.2, 0.25) is 11.8 Å². The van der Waals surface area contributed by atoms with Crippen molar-refractivity contribution < 1.29 is 19.1 Å². The normalized spacial score (nSPS) is 13.1. The molecule has 8 heteroatoms. The van der Waals surface area contributed by atoms with Crippen molar-refractivity contribution in [2.75, 3.05) is 20.7 Å². The summed E-state index contributed by atoms with van der Waals surface area (Å²) < 4.78 is 5.77. The Morgan fingerprint density at radius 1 is 0.829 bits per heavy atom. The van der Waals surface area contributed by atoms with Crippen molar-refractivity contribution in [1.29, 1.82) is 0 Å². The van der Waals surface area contributed by atoms with Crippen molar-refractivity contribution in [3.05, 3.63) is 71.8 Å². The molecule has 0 aliphatic carbocycles. The van der Waals surface area contributed by atoms with Crippen molar-refractivity contribution in [3.8, 4) is 0 Å². The Morgan fingerprint density at radius 2 is 1.40 bits per heavy atom. The summed E-state index contributed by atoms with van der Waals surface area (Å²) in [4.78, 5) is 38.7. The molecule has 0 bridgehead atoms. The van der Waals surface area contributed by atoms with Crippen molar-refractivity contribution in [3.63, 3.8) is 0 Å². The number of carbonyl (C=O) groups is 3. The van der Waals surface area contributed by atoms with Crippen LogP contribution in [0.1, 0.15) is 38.3 Å². The van der Waals surface area contributed by atoms with Crippen LogP contribution < -0.4 is 16.1 Å². The quantitative estimate of drug-likeness (QED) is 0.404. The minimum Gasteiger partial charge on any atom is -0.374 e. The van der Waals surface area contributed by atoms with Gasteiger partial charge in [-0.15, -0.1) is 0 Å². The first kappa shape index (κ1) is 28.0. The van der Waals surface area contributed by atoms with E-state index in [1.807, 2.05) is 60.7 Å². The Labute approximate surface area is 208 Å². The Kier molecular flexibility index (Phi) is 10.9. The largest absolute Gasteiger partial charge is 0.374 e. The summed E-state index contributed by atoms with van der Waals surface area (Å²) in [5.74, 6) is -1.08. The predicted molar refractivity (Wildman–Crippen MR) is 136 cm³/mol. The number of carbonyl (C=O) groups excluding carboxylic acids is 3. The van der Waals surface area contributed by atoms with E-state index in [0.717, 1.165) is 11.1 Å². The van der Waals surface area contributed by atoms with E-state index in [2.05, 4.69) is 16.1 Å². The molecule has 3 amide bonds. The summed E-state index contributed by atoms with van der Waals surface area (Å²) in [6.07, 6.45) is 1.01. The average Bonchev–Trinajstić information content (AvgIpc) is 2.81. The van der Waals surface area contributed by atoms with Crippen LogP contribution in [0.15, 0.2) is 60.7 Å². The summed E-state index contributed by atoms with van der Waals surface area (Å²) in [5.41, 5.74) is 4.05. The van der Waals surface area contributed by atoms with Gasteiger partial charge in [-0.05, 0) is 24.0 Å². The molecule has 2 atom stereocenters. The fourth-order valence-electron chi connectivity index (χ4n) is 3.22. The monoisotopic (exact) mass is 482 g/mol. The second kappa shape index (κ2) is 13.6. The van der Waals surface area contributed by atoms with E-state index in [0.29, 0.717) is 19.4 Å². The van der Waals surface area contributed by atoms with Gasteiger partial charge in [-0.3, -0.25) is 19.8 Å². The van der Waals surface area contributed by atoms with Crippen LogP contribution >= 0.6 is 0 Å². The molecule has 0 heterocycles. The molecule has 2 aromatic carbocycles. The first-order valence-electron chi connectivity index (χ1n) is 11.8. The molecule has 1 unspecified atom stereocenters. The van der Waals surface area contributed by atoms with Gasteiger partial charge in [0.1, 0.15) is 12.1 Å². The summed E-state index contributed by atoms with van der Waals surface area (Å²) in [6, 6.07) is 17.6. The van der Waals surface area contributed by atoms with Gasteiger partial charge in [0.15, 0.2) is 0 Å². The third-order valence-corrected chi connectivity index (χ3v) is 5.23. The molecule has 0 radical (unpaired) electrons. The van der Waals surface area contributed by atoms with Crippen LogP contribution in [0.4, 0.5) is 0 Å². The summed E-state index contributed by atoms with van der Waals surface area (Å²) in [6.45, 7) is 5.60. The lowest BCUT2D eigenvalue weighted by Crippen LogP contribution is -2.57. The first-order valence-corrected chi connectivity index (χ1v) is 11.8. The molecule has 8 nitrogen and oxygen atoms in total. The molecule has 0 spiro atoms. The highest BCUT2D eigenvalue weighted by molar-refractivity contribution is 5.93. The Bertz CT molecular complexity index is 943. The van der Waals surface area contributed by atoms with E-state index < -0.39 is 23.4 Å². The van der Waals surface area contributed by atoms with E-state index in [4.69, 9.17) is 4.74 Å². The van der Waals surface area contributed by atoms with Crippen LogP contribution in [-0.2, 0) is 32.1 Å². The molecular weight excluding hydrogens is 444 g/mol. The molecule has 0 aromatic heterocycles. The molecule has 0 aliphatic rings. The molecule has 0 saturated carbocycles. The lowest BCUT2D eigenvalue weighted by molar-refractivity contribution is -0.137. The minimum atomic E-state index is -0.947. The van der Waals surface area contributed by atoms with Crippen LogP contribution in [0.5, 0.6) is 0 Å². The van der Waals surface area contributed by atoms with Crippen molar-refractivity contribution >= 4 is 17.7 Å². The lowest BCUT2D eigenvalue weighted by Gasteiger charge is -2.26. The number of nitrogens with one attached hydrogen (secondary N) is 3. The standard InChI is InChI=1S/C27H38N4O4/c1-27(2,3)26(34)29-23(19-35-18-21-14-10-7-11-15-21)24(32)28-22(25(33)30-31(4)5)17-16-20-12-8-6-9-13-20/h6-15,22-23H,16-19H2,1-5H3,(H,28,32)(H,29,34)(H,30,33)/t22-,23?/m1/s1. The zero-order valence-corrected chi connectivity index (χ0v) is 21.3. The Balaban J connectivity index is 2.11. The predicted octanol–water partition coefficient (Wildman–Crippen LogP) is 2.44. The highest BCUT2D eigenvalue weighted by Crippen LogP contribution is 2.13. The number of hydrogen-bond donors (Lipinski definition) is 3. The lowest BCUT2D eigenvalue weighted by atomic mass is 9.95. The van der Waals surface area contributed by atoms with Crippen LogP contribution in [0.25, 0.3) is 0 Å². The van der Waals surface area contributed by atoms with Gasteiger partial charge in [0, 0.05) is 19.5 Å². The first-order chi connectivity index (χ1) is 16.6. The maximum Gasteiger partial charge on any atom is 0.256 e. The molecular formula is C27H38N4O4. The fourth-order valence-corrected chi connectivity index (χ4v) is 3.22. The van der Waals surface area contributed by atoms with Gasteiger partial charge < -0.3 is 15.4 Å². The van der Waals surface area contributed by atoms with Gasteiger partial charge in [0.05, 0.1) is 13.2 Å². The van der Waals surface area contributed by atoms with Crippen molar-refractivity contribution in [2.45, 2.75) is 52.3 Å². The third kappa shape index (κ3) is 10.3. The second-order valence-electron chi connectivity index (χ2n) is 9.73. The molecule has 2 rings (SSSR count). The Hall–Kier alpha value is -3.23. The van der Waals surface area contributed by atoms with Crippen molar-refractivity contribution in [2.24, 2.45) is 5.41 Å². The molecule has 0 fully saturated rings. The zero-order valence-electron chi connectivity index (χ0n) is 21.3. The van der Waals surface area contributed by atoms with Gasteiger partial charge in [0.25, 0.3) is 5.91 Å². The van der Waals surface area contributed by atoms with Gasteiger partial charge in [-0.2, -0.15) is 0 Å². The highest BCUT2D eigenvalue weighted by atomic mass is 16.5. The number of rotatable bonds is 12. The highest BCUT2D eigenvalue weighted by Gasteiger charge is 2.30. The number of hydrogen-bond acceptors (Lipinski definition) is 5. The van der Waals surface area contributed by atoms with E-state index in [9.17, 15) is 14.4 Å². The molecule has 0 saturated heterocycles. The fraction of sp³-hybridized carbons (Fsp3) is 0.444. The average molecular weight is 483 g/mol. The van der Waals surface area contributed by atoms with E-state index >= 15 is 0 Å². The van der Waals surface area contributed by atoms with Crippen LogP contribution in [0.3, 0.4) is 0 Å². The topological polar surface area (TPSA) is 99.8 Å². The Morgan fingerprint density at radius 3 is 1.94 bits per heavy atom. The molecule has 0 aliphatic heterocycles. The summed E-state index contributed by atoms with van der Waals surface area (Å²) >= 11 is 0. The van der Waals surface area contributed by atoms with Gasteiger partial charge in [-0.25, -0.2) is 5.01 Å². The van der Waals surface area contributed by atoms with E-state index in [1.165, 1.54) is 5.01 Å². The molecule has 190 valence electrons. The van der Waals surface area contributed by atoms with Crippen LogP contribution in [-0.4, -0.2) is 55.5 Å². The molecule has 2 aromatic rings. The number of nitrogens with zero attached hydrogens (tertiary/aromatic N) is 1. The molecule has 35 heavy (non-hydrogen) atoms. The third-order valence-electron chi connectivity index (χ3n) is 5.23. The van der Waals surface area contributed by atoms with E-state index in [-0.39, 0.29) is 18.4 Å². The zero-order chi connectivity index (χ0) is 25.8. The number of amides is 3.